The Labute approximate surface area is 142 Å². The third-order valence-corrected chi connectivity index (χ3v) is 5.69. The van der Waals surface area contributed by atoms with Crippen LogP contribution in [-0.2, 0) is 0 Å². The zero-order valence-electron chi connectivity index (χ0n) is 13.3. The molecule has 0 aliphatic rings. The second kappa shape index (κ2) is 3.81. The van der Waals surface area contributed by atoms with Gasteiger partial charge in [-0.25, -0.2) is 0 Å². The molecule has 0 spiro atoms. The molecule has 7 rings (SSSR count). The molecule has 2 nitrogen and oxygen atoms in total. The molecule has 0 N–H and O–H groups in total. The summed E-state index contributed by atoms with van der Waals surface area (Å²) in [4.78, 5) is 4.77. The van der Waals surface area contributed by atoms with Crippen LogP contribution in [0.25, 0.3) is 59.8 Å². The Morgan fingerprint density at radius 3 is 2.48 bits per heavy atom. The van der Waals surface area contributed by atoms with Gasteiger partial charge in [-0.3, -0.25) is 4.98 Å². The fourth-order valence-electron chi connectivity index (χ4n) is 4.74. The molecule has 0 bridgehead atoms. The first kappa shape index (κ1) is 12.0. The molecule has 0 aliphatic heterocycles. The molecular formula is C23H12N2. The molecule has 4 aromatic carbocycles. The maximum atomic E-state index is 4.77. The van der Waals surface area contributed by atoms with Crippen molar-refractivity contribution in [3.8, 4) is 0 Å². The maximum Gasteiger partial charge on any atom is 0.0822 e. The fraction of sp³-hybridized carbons (Fsp3) is 0. The molecule has 0 unspecified atom stereocenters. The van der Waals surface area contributed by atoms with Crippen molar-refractivity contribution in [2.24, 2.45) is 0 Å². The van der Waals surface area contributed by atoms with Crippen molar-refractivity contribution in [1.29, 1.82) is 0 Å². The number of para-hydroxylation sites is 1. The van der Waals surface area contributed by atoms with Gasteiger partial charge >= 0.3 is 0 Å². The molecule has 0 saturated heterocycles. The Bertz CT molecular complexity index is 1590. The van der Waals surface area contributed by atoms with Crippen LogP contribution in [0.4, 0.5) is 0 Å². The number of pyridine rings is 2. The Kier molecular flexibility index (Phi) is 1.84. The quantitative estimate of drug-likeness (QED) is 0.249. The molecule has 0 amide bonds. The van der Waals surface area contributed by atoms with Gasteiger partial charge in [0.15, 0.2) is 0 Å². The second-order valence-corrected chi connectivity index (χ2v) is 6.87. The zero-order valence-corrected chi connectivity index (χ0v) is 13.3. The first-order valence-corrected chi connectivity index (χ1v) is 8.58. The number of fused-ring (bicyclic) bond motifs is 4. The number of aromatic nitrogens is 2. The normalized spacial score (nSPS) is 12.8. The van der Waals surface area contributed by atoms with Crippen LogP contribution in [0.15, 0.2) is 72.9 Å². The molecule has 3 aromatic heterocycles. The lowest BCUT2D eigenvalue weighted by atomic mass is 9.97. The molecule has 25 heavy (non-hydrogen) atoms. The van der Waals surface area contributed by atoms with Gasteiger partial charge in [0.1, 0.15) is 0 Å². The minimum absolute atomic E-state index is 1.10. The van der Waals surface area contributed by atoms with Gasteiger partial charge in [-0.2, -0.15) is 0 Å². The minimum atomic E-state index is 1.10. The molecule has 0 fully saturated rings. The van der Waals surface area contributed by atoms with E-state index in [-0.39, 0.29) is 0 Å². The average Bonchev–Trinajstić information content (AvgIpc) is 3.03. The van der Waals surface area contributed by atoms with Crippen LogP contribution < -0.4 is 0 Å². The van der Waals surface area contributed by atoms with E-state index in [1.807, 2.05) is 6.20 Å². The summed E-state index contributed by atoms with van der Waals surface area (Å²) < 4.78 is 2.44. The van der Waals surface area contributed by atoms with Crippen molar-refractivity contribution in [2.75, 3.05) is 0 Å². The monoisotopic (exact) mass is 316 g/mol. The highest BCUT2D eigenvalue weighted by Gasteiger charge is 2.21. The van der Waals surface area contributed by atoms with Crippen LogP contribution in [0.5, 0.6) is 0 Å². The summed E-state index contributed by atoms with van der Waals surface area (Å²) in [6.07, 6.45) is 1.93. The van der Waals surface area contributed by atoms with Crippen LogP contribution in [0.3, 0.4) is 0 Å². The van der Waals surface area contributed by atoms with E-state index in [1.165, 1.54) is 54.3 Å². The Morgan fingerprint density at radius 2 is 1.48 bits per heavy atom. The Hall–Kier alpha value is -3.39. The van der Waals surface area contributed by atoms with E-state index in [0.717, 1.165) is 5.52 Å². The van der Waals surface area contributed by atoms with Gasteiger partial charge in [0.2, 0.25) is 0 Å². The van der Waals surface area contributed by atoms with Gasteiger partial charge in [0, 0.05) is 27.7 Å². The number of benzene rings is 4. The molecule has 7 aromatic rings. The summed E-state index contributed by atoms with van der Waals surface area (Å²) in [7, 11) is 0. The van der Waals surface area contributed by atoms with Gasteiger partial charge in [-0.15, -0.1) is 0 Å². The maximum absolute atomic E-state index is 4.77. The SMILES string of the molecule is c1ccc2c(c1)c1nccc3cc4ccc5cccc6c5c4c(c31)n26. The van der Waals surface area contributed by atoms with Crippen LogP contribution in [0, 0.1) is 0 Å². The van der Waals surface area contributed by atoms with Crippen molar-refractivity contribution in [1.82, 2.24) is 9.38 Å². The van der Waals surface area contributed by atoms with E-state index in [1.54, 1.807) is 0 Å². The number of rotatable bonds is 0. The predicted molar refractivity (Wildman–Crippen MR) is 105 cm³/mol. The molecule has 0 radical (unpaired) electrons. The highest BCUT2D eigenvalue weighted by Crippen LogP contribution is 2.44. The summed E-state index contributed by atoms with van der Waals surface area (Å²) in [5, 5.41) is 9.09. The average molecular weight is 316 g/mol. The van der Waals surface area contributed by atoms with Gasteiger partial charge < -0.3 is 4.40 Å². The fourth-order valence-corrected chi connectivity index (χ4v) is 4.74. The molecule has 0 saturated carbocycles. The largest absolute Gasteiger partial charge is 0.308 e. The topological polar surface area (TPSA) is 17.3 Å². The summed E-state index contributed by atoms with van der Waals surface area (Å²) >= 11 is 0. The van der Waals surface area contributed by atoms with E-state index in [2.05, 4.69) is 71.1 Å². The summed E-state index contributed by atoms with van der Waals surface area (Å²) in [5.41, 5.74) is 4.92. The molecule has 2 heteroatoms. The van der Waals surface area contributed by atoms with Gasteiger partial charge in [-0.05, 0) is 40.4 Å². The minimum Gasteiger partial charge on any atom is -0.308 e. The number of nitrogens with zero attached hydrogens (tertiary/aromatic N) is 2. The van der Waals surface area contributed by atoms with Gasteiger partial charge in [-0.1, -0.05) is 42.5 Å². The van der Waals surface area contributed by atoms with E-state index >= 15 is 0 Å². The van der Waals surface area contributed by atoms with Gasteiger partial charge in [0.05, 0.1) is 22.1 Å². The second-order valence-electron chi connectivity index (χ2n) is 6.87. The molecule has 0 atom stereocenters. The van der Waals surface area contributed by atoms with E-state index < -0.39 is 0 Å². The molecule has 0 aliphatic carbocycles. The van der Waals surface area contributed by atoms with Crippen molar-refractivity contribution >= 4 is 59.8 Å². The molecule has 3 heterocycles. The lowest BCUT2D eigenvalue weighted by molar-refractivity contribution is 1.34. The lowest BCUT2D eigenvalue weighted by Gasteiger charge is -2.12. The van der Waals surface area contributed by atoms with E-state index in [0.29, 0.717) is 0 Å². The smallest absolute Gasteiger partial charge is 0.0822 e. The van der Waals surface area contributed by atoms with Crippen molar-refractivity contribution in [3.63, 3.8) is 0 Å². The van der Waals surface area contributed by atoms with Crippen LogP contribution >= 0.6 is 0 Å². The van der Waals surface area contributed by atoms with E-state index in [9.17, 15) is 0 Å². The van der Waals surface area contributed by atoms with Crippen molar-refractivity contribution in [2.45, 2.75) is 0 Å². The Morgan fingerprint density at radius 1 is 0.640 bits per heavy atom. The molecular weight excluding hydrogens is 304 g/mol. The number of hydrogen-bond donors (Lipinski definition) is 0. The third kappa shape index (κ3) is 1.22. The van der Waals surface area contributed by atoms with Crippen LogP contribution in [0.2, 0.25) is 0 Å². The molecule has 114 valence electrons. The highest BCUT2D eigenvalue weighted by molar-refractivity contribution is 6.34. The number of hydrogen-bond acceptors (Lipinski definition) is 1. The lowest BCUT2D eigenvalue weighted by Crippen LogP contribution is -1.93. The highest BCUT2D eigenvalue weighted by atomic mass is 14.9. The summed E-state index contributed by atoms with van der Waals surface area (Å²) in [6, 6.07) is 24.2. The van der Waals surface area contributed by atoms with E-state index in [4.69, 9.17) is 4.98 Å². The first-order valence-electron chi connectivity index (χ1n) is 8.58. The van der Waals surface area contributed by atoms with Crippen LogP contribution in [-0.4, -0.2) is 9.38 Å². The third-order valence-electron chi connectivity index (χ3n) is 5.69. The Balaban J connectivity index is 2.08. The van der Waals surface area contributed by atoms with Crippen LogP contribution in [0.1, 0.15) is 0 Å². The zero-order chi connectivity index (χ0) is 16.1. The summed E-state index contributed by atoms with van der Waals surface area (Å²) in [5.74, 6) is 0. The van der Waals surface area contributed by atoms with Crippen molar-refractivity contribution < 1.29 is 0 Å². The standard InChI is InChI=1S/C23H12N2/c1-2-6-17-16(5-1)22-21-15(10-11-24-22)12-14-9-8-13-4-3-7-18-19(13)20(14)23(21)25(17)18/h1-12H. The predicted octanol–water partition coefficient (Wildman–Crippen LogP) is 5.98. The van der Waals surface area contributed by atoms with Gasteiger partial charge in [0.25, 0.3) is 0 Å². The summed E-state index contributed by atoms with van der Waals surface area (Å²) in [6.45, 7) is 0. The first-order chi connectivity index (χ1) is 12.4. The van der Waals surface area contributed by atoms with Crippen molar-refractivity contribution in [3.05, 3.63) is 72.9 Å².